The number of rotatable bonds is 9. The average molecular weight is 610 g/mol. The van der Waals surface area contributed by atoms with Crippen LogP contribution < -0.4 is 39.6 Å². The molecule has 0 spiro atoms. The number of halogens is 2. The molecule has 0 heterocycles. The number of ether oxygens (including phenoxy) is 1. The fourth-order valence-electron chi connectivity index (χ4n) is 3.29. The molecule has 1 N–H and O–H groups in total. The van der Waals surface area contributed by atoms with Gasteiger partial charge >= 0.3 is 29.6 Å². The molecule has 0 atom stereocenters. The number of aryl methyl sites for hydroxylation is 1. The van der Waals surface area contributed by atoms with Crippen LogP contribution in [0.25, 0.3) is 4.72 Å². The van der Waals surface area contributed by atoms with E-state index in [1.807, 2.05) is 6.07 Å². The van der Waals surface area contributed by atoms with Gasteiger partial charge < -0.3 is 19.6 Å². The molecule has 9 nitrogen and oxygen atoms in total. The van der Waals surface area contributed by atoms with Crippen molar-refractivity contribution in [3.05, 3.63) is 91.6 Å². The third-order valence-corrected chi connectivity index (χ3v) is 7.03. The minimum absolute atomic E-state index is 0. The number of ketones is 1. The second-order valence-electron chi connectivity index (χ2n) is 8.68. The van der Waals surface area contributed by atoms with Crippen molar-refractivity contribution in [2.75, 3.05) is 11.9 Å². The molecule has 0 aliphatic heterocycles. The summed E-state index contributed by atoms with van der Waals surface area (Å²) in [6.07, 6.45) is 0. The Morgan fingerprint density at radius 2 is 1.73 bits per heavy atom. The Kier molecular flexibility index (Phi) is 11.8. The molecule has 40 heavy (non-hydrogen) atoms. The van der Waals surface area contributed by atoms with Gasteiger partial charge in [-0.2, -0.15) is 5.26 Å². The van der Waals surface area contributed by atoms with Gasteiger partial charge in [0.2, 0.25) is 0 Å². The second-order valence-corrected chi connectivity index (χ2v) is 11.2. The number of nitrogens with one attached hydrogen (secondary N) is 1. The fourth-order valence-corrected chi connectivity index (χ4v) is 4.82. The minimum atomic E-state index is -4.20. The number of carbonyl (C=O) groups is 3. The number of nitriles is 1. The topological polar surface area (TPSA) is 144 Å². The Labute approximate surface area is 264 Å². The molecule has 202 valence electrons. The van der Waals surface area contributed by atoms with Crippen LogP contribution >= 0.6 is 23.2 Å². The van der Waals surface area contributed by atoms with E-state index < -0.39 is 40.1 Å². The first-order chi connectivity index (χ1) is 18.3. The molecule has 0 saturated carbocycles. The van der Waals surface area contributed by atoms with E-state index in [1.165, 1.54) is 68.4 Å². The molecule has 3 rings (SSSR count). The molecule has 0 saturated heterocycles. The van der Waals surface area contributed by atoms with Crippen LogP contribution in [0.5, 0.6) is 5.75 Å². The molecule has 0 bridgehead atoms. The summed E-state index contributed by atoms with van der Waals surface area (Å²) in [5, 5.41) is 12.2. The Bertz CT molecular complexity index is 1620. The number of benzene rings is 3. The summed E-state index contributed by atoms with van der Waals surface area (Å²) in [5.74, 6) is -2.36. The average Bonchev–Trinajstić information content (AvgIpc) is 2.87. The maximum Gasteiger partial charge on any atom is 1.00 e. The smallest absolute Gasteiger partial charge is 0.542 e. The van der Waals surface area contributed by atoms with E-state index in [0.717, 1.165) is 0 Å². The standard InChI is InChI=1S/C27H23Cl2N3O6S.Na/c1-15(2)27(35)32-39(36,37)21-5-6-23(16(3)8-21)31-25(33)14-38-24-7-4-19(28)12-22(24)26(34)18-9-17(13-30)10-20(29)11-18;/h4-12,15H,14H2,1-3H3,(H2,31,32,33,35);/q;+1/p-1. The van der Waals surface area contributed by atoms with Gasteiger partial charge in [-0.05, 0) is 73.0 Å². The summed E-state index contributed by atoms with van der Waals surface area (Å²) >= 11 is 12.1. The molecular formula is C27H22Cl2N3NaO6S. The van der Waals surface area contributed by atoms with Crippen LogP contribution in [0.15, 0.2) is 59.5 Å². The predicted octanol–water partition coefficient (Wildman–Crippen LogP) is 2.67. The molecule has 0 aliphatic carbocycles. The maximum atomic E-state index is 13.2. The molecule has 13 heteroatoms. The van der Waals surface area contributed by atoms with Gasteiger partial charge in [-0.3, -0.25) is 9.59 Å². The third-order valence-electron chi connectivity index (χ3n) is 5.31. The van der Waals surface area contributed by atoms with Gasteiger partial charge in [-0.15, -0.1) is 0 Å². The SMILES string of the molecule is Cc1cc(S(=O)(=O)[N-]C(=O)C(C)C)ccc1NC(=O)COc1ccc(Cl)cc1C(=O)c1cc(Cl)cc(C#N)c1.[Na+]. The zero-order valence-corrected chi connectivity index (χ0v) is 26.3. The molecule has 0 aromatic heterocycles. The van der Waals surface area contributed by atoms with Crippen LogP contribution in [0.3, 0.4) is 0 Å². The quantitative estimate of drug-likeness (QED) is 0.290. The van der Waals surface area contributed by atoms with Crippen LogP contribution in [0, 0.1) is 24.2 Å². The number of hydrogen-bond acceptors (Lipinski definition) is 7. The predicted molar refractivity (Wildman–Crippen MR) is 147 cm³/mol. The largest absolute Gasteiger partial charge is 1.00 e. The van der Waals surface area contributed by atoms with Crippen LogP contribution in [-0.2, 0) is 19.6 Å². The van der Waals surface area contributed by atoms with Gasteiger partial charge in [-0.25, -0.2) is 8.42 Å². The molecule has 0 unspecified atom stereocenters. The number of amides is 2. The fraction of sp³-hybridized carbons (Fsp3) is 0.185. The molecule has 0 radical (unpaired) electrons. The number of anilines is 1. The molecule has 0 fully saturated rings. The summed E-state index contributed by atoms with van der Waals surface area (Å²) in [6.45, 7) is 4.17. The minimum Gasteiger partial charge on any atom is -0.542 e. The van der Waals surface area contributed by atoms with E-state index in [4.69, 9.17) is 27.9 Å². The van der Waals surface area contributed by atoms with E-state index in [2.05, 4.69) is 10.0 Å². The van der Waals surface area contributed by atoms with Gasteiger partial charge in [0.15, 0.2) is 12.4 Å². The molecule has 3 aromatic carbocycles. The van der Waals surface area contributed by atoms with E-state index >= 15 is 0 Å². The molecule has 2 amide bonds. The number of carbonyl (C=O) groups excluding carboxylic acids is 3. The summed E-state index contributed by atoms with van der Waals surface area (Å²) < 4.78 is 33.7. The normalized spacial score (nSPS) is 10.7. The summed E-state index contributed by atoms with van der Waals surface area (Å²) in [6, 6.07) is 14.3. The van der Waals surface area contributed by atoms with Crippen molar-refractivity contribution in [3.63, 3.8) is 0 Å². The Morgan fingerprint density at radius 3 is 2.35 bits per heavy atom. The first kappa shape index (κ1) is 33.3. The van der Waals surface area contributed by atoms with E-state index in [0.29, 0.717) is 11.3 Å². The zero-order chi connectivity index (χ0) is 28.9. The van der Waals surface area contributed by atoms with Gasteiger partial charge in [-0.1, -0.05) is 37.0 Å². The molecule has 3 aromatic rings. The van der Waals surface area contributed by atoms with Crippen molar-refractivity contribution in [2.24, 2.45) is 5.92 Å². The van der Waals surface area contributed by atoms with Crippen molar-refractivity contribution in [1.82, 2.24) is 0 Å². The van der Waals surface area contributed by atoms with E-state index in [1.54, 1.807) is 6.92 Å². The van der Waals surface area contributed by atoms with E-state index in [-0.39, 0.29) is 66.9 Å². The third kappa shape index (κ3) is 8.54. The van der Waals surface area contributed by atoms with Crippen molar-refractivity contribution in [2.45, 2.75) is 25.7 Å². The number of nitrogens with zero attached hydrogens (tertiary/aromatic N) is 2. The zero-order valence-electron chi connectivity index (χ0n) is 22.0. The van der Waals surface area contributed by atoms with Crippen LogP contribution in [0.2, 0.25) is 10.0 Å². The second kappa shape index (κ2) is 14.1. The molecule has 0 aliphatic rings. The first-order valence-electron chi connectivity index (χ1n) is 11.4. The van der Waals surface area contributed by atoms with Crippen molar-refractivity contribution in [1.29, 1.82) is 5.26 Å². The van der Waals surface area contributed by atoms with Crippen molar-refractivity contribution >= 4 is 56.5 Å². The molecular weight excluding hydrogens is 588 g/mol. The van der Waals surface area contributed by atoms with Crippen molar-refractivity contribution in [3.8, 4) is 11.8 Å². The Hall–Kier alpha value is -2.91. The van der Waals surface area contributed by atoms with Gasteiger partial charge in [0.05, 0.1) is 28.0 Å². The van der Waals surface area contributed by atoms with E-state index in [9.17, 15) is 28.1 Å². The summed E-state index contributed by atoms with van der Waals surface area (Å²) in [7, 11) is -4.20. The monoisotopic (exact) mass is 609 g/mol. The van der Waals surface area contributed by atoms with Gasteiger partial charge in [0.25, 0.3) is 5.91 Å². The summed E-state index contributed by atoms with van der Waals surface area (Å²) in [4.78, 5) is 37.3. The first-order valence-corrected chi connectivity index (χ1v) is 13.6. The Morgan fingerprint density at radius 1 is 1.02 bits per heavy atom. The summed E-state index contributed by atoms with van der Waals surface area (Å²) in [5.41, 5.74) is 1.13. The number of sulfonamides is 1. The van der Waals surface area contributed by atoms with Crippen LogP contribution in [0.4, 0.5) is 5.69 Å². The van der Waals surface area contributed by atoms with Crippen molar-refractivity contribution < 1.29 is 57.1 Å². The van der Waals surface area contributed by atoms with Gasteiger partial charge in [0.1, 0.15) is 15.8 Å². The van der Waals surface area contributed by atoms with Gasteiger partial charge in [0, 0.05) is 21.3 Å². The Balaban J connectivity index is 0.00000560. The maximum absolute atomic E-state index is 13.2. The van der Waals surface area contributed by atoms with Crippen LogP contribution in [-0.4, -0.2) is 32.6 Å². The van der Waals surface area contributed by atoms with Crippen LogP contribution in [0.1, 0.15) is 40.9 Å². The number of hydrogen-bond donors (Lipinski definition) is 1.